The van der Waals surface area contributed by atoms with Crippen LogP contribution in [-0.2, 0) is 11.2 Å². The van der Waals surface area contributed by atoms with Gasteiger partial charge < -0.3 is 11.1 Å². The molecule has 1 unspecified atom stereocenters. The summed E-state index contributed by atoms with van der Waals surface area (Å²) < 4.78 is 0. The number of aryl methyl sites for hydroxylation is 2. The molecule has 1 atom stereocenters. The average molecular weight is 299 g/mol. The lowest BCUT2D eigenvalue weighted by atomic mass is 10.0. The average Bonchev–Trinajstić information content (AvgIpc) is 2.32. The van der Waals surface area contributed by atoms with E-state index in [4.69, 9.17) is 5.73 Å². The van der Waals surface area contributed by atoms with Crippen LogP contribution in [0, 0.1) is 19.8 Å². The summed E-state index contributed by atoms with van der Waals surface area (Å²) in [6, 6.07) is 6.29. The van der Waals surface area contributed by atoms with Crippen LogP contribution >= 0.6 is 12.4 Å². The summed E-state index contributed by atoms with van der Waals surface area (Å²) in [5.74, 6) is 0.597. The van der Waals surface area contributed by atoms with Gasteiger partial charge in [0.1, 0.15) is 0 Å². The molecule has 114 valence electrons. The molecule has 20 heavy (non-hydrogen) atoms. The fraction of sp³-hybridized carbons (Fsp3) is 0.562. The zero-order chi connectivity index (χ0) is 14.4. The molecule has 0 bridgehead atoms. The Morgan fingerprint density at radius 3 is 2.50 bits per heavy atom. The Morgan fingerprint density at radius 2 is 1.95 bits per heavy atom. The number of amides is 1. The molecule has 0 saturated heterocycles. The predicted molar refractivity (Wildman–Crippen MR) is 87.3 cm³/mol. The highest BCUT2D eigenvalue weighted by atomic mass is 35.5. The van der Waals surface area contributed by atoms with Crippen molar-refractivity contribution in [3.05, 3.63) is 34.9 Å². The van der Waals surface area contributed by atoms with Crippen LogP contribution in [0.3, 0.4) is 0 Å². The number of benzene rings is 1. The third kappa shape index (κ3) is 6.40. The Kier molecular flexibility index (Phi) is 8.51. The van der Waals surface area contributed by atoms with Crippen LogP contribution in [0.4, 0.5) is 0 Å². The molecule has 1 aromatic carbocycles. The smallest absolute Gasteiger partial charge is 0.224 e. The van der Waals surface area contributed by atoms with E-state index in [2.05, 4.69) is 37.4 Å². The molecule has 0 aromatic heterocycles. The van der Waals surface area contributed by atoms with Crippen molar-refractivity contribution in [3.8, 4) is 0 Å². The molecule has 0 aliphatic rings. The molecule has 1 rings (SSSR count). The van der Waals surface area contributed by atoms with Gasteiger partial charge in [-0.05, 0) is 37.3 Å². The van der Waals surface area contributed by atoms with Gasteiger partial charge in [-0.25, -0.2) is 0 Å². The summed E-state index contributed by atoms with van der Waals surface area (Å²) in [6.07, 6.45) is 1.36. The summed E-state index contributed by atoms with van der Waals surface area (Å²) in [4.78, 5) is 12.1. The van der Waals surface area contributed by atoms with Crippen LogP contribution < -0.4 is 11.1 Å². The minimum absolute atomic E-state index is 0. The van der Waals surface area contributed by atoms with Crippen molar-refractivity contribution >= 4 is 18.3 Å². The molecule has 0 heterocycles. The maximum Gasteiger partial charge on any atom is 0.224 e. The molecular weight excluding hydrogens is 272 g/mol. The van der Waals surface area contributed by atoms with Crippen molar-refractivity contribution in [2.75, 3.05) is 6.54 Å². The molecule has 1 aromatic rings. The highest BCUT2D eigenvalue weighted by Gasteiger charge is 2.13. The number of nitrogens with two attached hydrogens (primary N) is 1. The third-order valence-corrected chi connectivity index (χ3v) is 3.26. The zero-order valence-corrected chi connectivity index (χ0v) is 13.7. The van der Waals surface area contributed by atoms with Crippen LogP contribution in [0.2, 0.25) is 0 Å². The quantitative estimate of drug-likeness (QED) is 0.848. The maximum absolute atomic E-state index is 12.1. The predicted octanol–water partition coefficient (Wildman–Crippen LogP) is 2.76. The third-order valence-electron chi connectivity index (χ3n) is 3.26. The van der Waals surface area contributed by atoms with Crippen molar-refractivity contribution in [1.82, 2.24) is 5.32 Å². The number of hydrogen-bond donors (Lipinski definition) is 2. The Bertz CT molecular complexity index is 432. The lowest BCUT2D eigenvalue weighted by molar-refractivity contribution is -0.121. The molecule has 4 heteroatoms. The molecule has 0 radical (unpaired) electrons. The second kappa shape index (κ2) is 8.98. The molecule has 0 aliphatic carbocycles. The Balaban J connectivity index is 0.00000361. The summed E-state index contributed by atoms with van der Waals surface area (Å²) in [5, 5.41) is 3.03. The number of carbonyl (C=O) groups excluding carboxylic acids is 1. The highest BCUT2D eigenvalue weighted by molar-refractivity contribution is 5.85. The molecule has 3 N–H and O–H groups in total. The van der Waals surface area contributed by atoms with Gasteiger partial charge in [-0.1, -0.05) is 37.6 Å². The normalized spacial score (nSPS) is 11.9. The van der Waals surface area contributed by atoms with Gasteiger partial charge in [0.2, 0.25) is 5.91 Å². The standard InChI is InChI=1S/C16H26N2O.ClH/c1-11(2)7-15(10-17)18-16(19)9-14-8-12(3)5-6-13(14)4;/h5-6,8,11,15H,7,9-10,17H2,1-4H3,(H,18,19);1H. The SMILES string of the molecule is Cc1ccc(C)c(CC(=O)NC(CN)CC(C)C)c1.Cl. The molecule has 0 fully saturated rings. The number of halogens is 1. The molecular formula is C16H27ClN2O. The van der Waals surface area contributed by atoms with Gasteiger partial charge >= 0.3 is 0 Å². The molecule has 0 aliphatic heterocycles. The number of rotatable bonds is 6. The van der Waals surface area contributed by atoms with Crippen LogP contribution in [0.15, 0.2) is 18.2 Å². The van der Waals surface area contributed by atoms with Crippen molar-refractivity contribution in [2.24, 2.45) is 11.7 Å². The number of nitrogens with one attached hydrogen (secondary N) is 1. The second-order valence-electron chi connectivity index (χ2n) is 5.74. The highest BCUT2D eigenvalue weighted by Crippen LogP contribution is 2.11. The lowest BCUT2D eigenvalue weighted by Gasteiger charge is -2.19. The van der Waals surface area contributed by atoms with Crippen molar-refractivity contribution in [1.29, 1.82) is 0 Å². The minimum Gasteiger partial charge on any atom is -0.352 e. The molecule has 1 amide bonds. The zero-order valence-electron chi connectivity index (χ0n) is 12.9. The first-order valence-electron chi connectivity index (χ1n) is 6.98. The summed E-state index contributed by atoms with van der Waals surface area (Å²) in [5.41, 5.74) is 9.14. The number of carbonyl (C=O) groups is 1. The molecule has 0 saturated carbocycles. The summed E-state index contributed by atoms with van der Waals surface area (Å²) in [7, 11) is 0. The van der Waals surface area contributed by atoms with E-state index in [0.717, 1.165) is 17.5 Å². The minimum atomic E-state index is 0. The van der Waals surface area contributed by atoms with Gasteiger partial charge in [0, 0.05) is 12.6 Å². The van der Waals surface area contributed by atoms with E-state index in [1.807, 2.05) is 13.8 Å². The summed E-state index contributed by atoms with van der Waals surface area (Å²) >= 11 is 0. The van der Waals surface area contributed by atoms with E-state index in [1.165, 1.54) is 5.56 Å². The van der Waals surface area contributed by atoms with Gasteiger partial charge in [-0.2, -0.15) is 0 Å². The number of hydrogen-bond acceptors (Lipinski definition) is 2. The van der Waals surface area contributed by atoms with E-state index in [9.17, 15) is 4.79 Å². The molecule has 0 spiro atoms. The second-order valence-corrected chi connectivity index (χ2v) is 5.74. The van der Waals surface area contributed by atoms with E-state index < -0.39 is 0 Å². The fourth-order valence-electron chi connectivity index (χ4n) is 2.23. The van der Waals surface area contributed by atoms with Gasteiger partial charge in [-0.3, -0.25) is 4.79 Å². The first-order chi connectivity index (χ1) is 8.92. The van der Waals surface area contributed by atoms with Crippen LogP contribution in [0.25, 0.3) is 0 Å². The van der Waals surface area contributed by atoms with E-state index in [0.29, 0.717) is 18.9 Å². The van der Waals surface area contributed by atoms with E-state index in [-0.39, 0.29) is 24.4 Å². The first-order valence-corrected chi connectivity index (χ1v) is 6.98. The Labute approximate surface area is 128 Å². The van der Waals surface area contributed by atoms with Gasteiger partial charge in [0.15, 0.2) is 0 Å². The van der Waals surface area contributed by atoms with Crippen LogP contribution in [0.1, 0.15) is 37.0 Å². The van der Waals surface area contributed by atoms with Crippen LogP contribution in [0.5, 0.6) is 0 Å². The van der Waals surface area contributed by atoms with Gasteiger partial charge in [-0.15, -0.1) is 12.4 Å². The largest absolute Gasteiger partial charge is 0.352 e. The lowest BCUT2D eigenvalue weighted by Crippen LogP contribution is -2.41. The van der Waals surface area contributed by atoms with E-state index >= 15 is 0 Å². The van der Waals surface area contributed by atoms with Crippen LogP contribution in [-0.4, -0.2) is 18.5 Å². The van der Waals surface area contributed by atoms with Gasteiger partial charge in [0.25, 0.3) is 0 Å². The molecule has 3 nitrogen and oxygen atoms in total. The van der Waals surface area contributed by atoms with Crippen molar-refractivity contribution < 1.29 is 4.79 Å². The first kappa shape index (κ1) is 18.9. The monoisotopic (exact) mass is 298 g/mol. The Hall–Kier alpha value is -1.06. The van der Waals surface area contributed by atoms with Crippen molar-refractivity contribution in [2.45, 2.75) is 46.6 Å². The topological polar surface area (TPSA) is 55.1 Å². The van der Waals surface area contributed by atoms with Crippen molar-refractivity contribution in [3.63, 3.8) is 0 Å². The Morgan fingerprint density at radius 1 is 1.30 bits per heavy atom. The fourth-order valence-corrected chi connectivity index (χ4v) is 2.23. The summed E-state index contributed by atoms with van der Waals surface area (Å²) in [6.45, 7) is 8.86. The van der Waals surface area contributed by atoms with Gasteiger partial charge in [0.05, 0.1) is 6.42 Å². The van der Waals surface area contributed by atoms with E-state index in [1.54, 1.807) is 0 Å². The maximum atomic E-state index is 12.1.